The van der Waals surface area contributed by atoms with E-state index in [2.05, 4.69) is 59.3 Å². The van der Waals surface area contributed by atoms with Crippen LogP contribution in [0.15, 0.2) is 64.0 Å². The van der Waals surface area contributed by atoms with Gasteiger partial charge in [-0.25, -0.2) is 4.98 Å². The Morgan fingerprint density at radius 1 is 0.926 bits per heavy atom. The molecule has 0 N–H and O–H groups in total. The Bertz CT molecular complexity index is 1040. The number of hydrogen-bond acceptors (Lipinski definition) is 5. The van der Waals surface area contributed by atoms with E-state index in [1.165, 1.54) is 12.0 Å². The second kappa shape index (κ2) is 6.76. The van der Waals surface area contributed by atoms with E-state index in [0.717, 1.165) is 45.3 Å². The second-order valence-electron chi connectivity index (χ2n) is 6.67. The van der Waals surface area contributed by atoms with Crippen LogP contribution >= 0.6 is 0 Å². The minimum absolute atomic E-state index is 0.765. The van der Waals surface area contributed by atoms with E-state index in [-0.39, 0.29) is 0 Å². The van der Waals surface area contributed by atoms with Gasteiger partial charge in [0.1, 0.15) is 5.76 Å². The lowest BCUT2D eigenvalue weighted by atomic mass is 10.0. The van der Waals surface area contributed by atoms with Crippen LogP contribution in [0.5, 0.6) is 0 Å². The first-order valence-electron chi connectivity index (χ1n) is 8.81. The van der Waals surface area contributed by atoms with Gasteiger partial charge < -0.3 is 13.8 Å². The van der Waals surface area contributed by atoms with Gasteiger partial charge in [-0.15, -0.1) is 0 Å². The molecule has 5 heteroatoms. The zero-order valence-electron chi connectivity index (χ0n) is 15.9. The van der Waals surface area contributed by atoms with Crippen molar-refractivity contribution in [2.75, 3.05) is 11.9 Å². The summed E-state index contributed by atoms with van der Waals surface area (Å²) in [4.78, 5) is 6.16. The van der Waals surface area contributed by atoms with Crippen molar-refractivity contribution in [2.24, 2.45) is 0 Å². The molecular formula is C22H21N3O2. The molecule has 0 unspecified atom stereocenters. The highest BCUT2D eigenvalue weighted by Gasteiger charge is 2.15. The molecule has 0 saturated heterocycles. The number of anilines is 2. The third-order valence-electron chi connectivity index (χ3n) is 4.86. The average molecular weight is 359 g/mol. The summed E-state index contributed by atoms with van der Waals surface area (Å²) in [5.74, 6) is 1.60. The monoisotopic (exact) mass is 359 g/mol. The van der Waals surface area contributed by atoms with Crippen molar-refractivity contribution in [2.45, 2.75) is 20.8 Å². The zero-order chi connectivity index (χ0) is 19.0. The lowest BCUT2D eigenvalue weighted by Gasteiger charge is -2.23. The molecule has 0 bridgehead atoms. The van der Waals surface area contributed by atoms with Gasteiger partial charge in [-0.1, -0.05) is 17.3 Å². The number of aromatic nitrogens is 2. The molecule has 0 aliphatic carbocycles. The molecule has 0 atom stereocenters. The Balaban J connectivity index is 1.69. The van der Waals surface area contributed by atoms with Crippen LogP contribution < -0.4 is 4.90 Å². The maximum atomic E-state index is 5.36. The molecule has 0 spiro atoms. The van der Waals surface area contributed by atoms with Gasteiger partial charge in [-0.3, -0.25) is 0 Å². The summed E-state index contributed by atoms with van der Waals surface area (Å²) in [7, 11) is 2.07. The summed E-state index contributed by atoms with van der Waals surface area (Å²) in [6.45, 7) is 6.03. The second-order valence-corrected chi connectivity index (χ2v) is 6.67. The van der Waals surface area contributed by atoms with Crippen molar-refractivity contribution in [3.8, 4) is 22.5 Å². The van der Waals surface area contributed by atoms with Gasteiger partial charge in [0.25, 0.3) is 0 Å². The predicted molar refractivity (Wildman–Crippen MR) is 106 cm³/mol. The molecule has 0 aliphatic rings. The van der Waals surface area contributed by atoms with E-state index < -0.39 is 0 Å². The molecule has 0 aliphatic heterocycles. The summed E-state index contributed by atoms with van der Waals surface area (Å²) < 4.78 is 10.7. The topological polar surface area (TPSA) is 55.3 Å². The maximum Gasteiger partial charge on any atom is 0.181 e. The zero-order valence-corrected chi connectivity index (χ0v) is 15.9. The number of hydrogen-bond donors (Lipinski definition) is 0. The average Bonchev–Trinajstić information content (AvgIpc) is 3.32. The molecule has 27 heavy (non-hydrogen) atoms. The normalized spacial score (nSPS) is 11.0. The number of aryl methyl sites for hydroxylation is 3. The van der Waals surface area contributed by atoms with Gasteiger partial charge in [0.05, 0.1) is 11.9 Å². The van der Waals surface area contributed by atoms with Crippen LogP contribution in [0.3, 0.4) is 0 Å². The van der Waals surface area contributed by atoms with Gasteiger partial charge in [-0.05, 0) is 62.2 Å². The number of oxazole rings is 1. The standard InChI is InChI=1S/C22H21N3O2/c1-14-5-6-18(22-15(2)24-27-16(22)3)11-20(14)25(4)19-9-7-17(8-10-19)21-12-23-13-26-21/h5-13H,1-4H3. The Morgan fingerprint density at radius 2 is 1.67 bits per heavy atom. The Hall–Kier alpha value is -3.34. The van der Waals surface area contributed by atoms with E-state index >= 15 is 0 Å². The van der Waals surface area contributed by atoms with Crippen molar-refractivity contribution in [3.63, 3.8) is 0 Å². The van der Waals surface area contributed by atoms with Crippen molar-refractivity contribution >= 4 is 11.4 Å². The number of benzene rings is 2. The van der Waals surface area contributed by atoms with Gasteiger partial charge in [0, 0.05) is 29.5 Å². The van der Waals surface area contributed by atoms with Crippen LogP contribution in [-0.4, -0.2) is 17.2 Å². The summed E-state index contributed by atoms with van der Waals surface area (Å²) in [5, 5.41) is 4.08. The molecule has 2 heterocycles. The van der Waals surface area contributed by atoms with Crippen molar-refractivity contribution in [1.82, 2.24) is 10.1 Å². The SMILES string of the molecule is Cc1ccc(-c2c(C)noc2C)cc1N(C)c1ccc(-c2cnco2)cc1. The lowest BCUT2D eigenvalue weighted by Crippen LogP contribution is -2.11. The largest absolute Gasteiger partial charge is 0.444 e. The van der Waals surface area contributed by atoms with Gasteiger partial charge in [0.15, 0.2) is 12.2 Å². The molecule has 0 amide bonds. The molecule has 0 fully saturated rings. The molecule has 4 aromatic rings. The molecule has 136 valence electrons. The van der Waals surface area contributed by atoms with Crippen LogP contribution in [0.25, 0.3) is 22.5 Å². The number of rotatable bonds is 4. The first kappa shape index (κ1) is 17.1. The van der Waals surface area contributed by atoms with Crippen LogP contribution in [0.1, 0.15) is 17.0 Å². The lowest BCUT2D eigenvalue weighted by molar-refractivity contribution is 0.393. The van der Waals surface area contributed by atoms with Gasteiger partial charge in [0.2, 0.25) is 0 Å². The maximum absolute atomic E-state index is 5.36. The fourth-order valence-corrected chi connectivity index (χ4v) is 3.37. The first-order valence-corrected chi connectivity index (χ1v) is 8.81. The third kappa shape index (κ3) is 3.12. The van der Waals surface area contributed by atoms with Crippen molar-refractivity contribution in [3.05, 3.63) is 72.1 Å². The third-order valence-corrected chi connectivity index (χ3v) is 4.86. The van der Waals surface area contributed by atoms with Crippen LogP contribution in [0, 0.1) is 20.8 Å². The smallest absolute Gasteiger partial charge is 0.181 e. The summed E-state index contributed by atoms with van der Waals surface area (Å²) >= 11 is 0. The quantitative estimate of drug-likeness (QED) is 0.468. The highest BCUT2D eigenvalue weighted by atomic mass is 16.5. The summed E-state index contributed by atoms with van der Waals surface area (Å²) in [5.41, 5.74) is 7.51. The van der Waals surface area contributed by atoms with Gasteiger partial charge >= 0.3 is 0 Å². The summed E-state index contributed by atoms with van der Waals surface area (Å²) in [6.07, 6.45) is 3.16. The minimum atomic E-state index is 0.765. The van der Waals surface area contributed by atoms with Crippen LogP contribution in [0.2, 0.25) is 0 Å². The highest BCUT2D eigenvalue weighted by molar-refractivity contribution is 5.76. The highest BCUT2D eigenvalue weighted by Crippen LogP contribution is 2.34. The summed E-state index contributed by atoms with van der Waals surface area (Å²) in [6, 6.07) is 14.7. The van der Waals surface area contributed by atoms with Crippen LogP contribution in [0.4, 0.5) is 11.4 Å². The van der Waals surface area contributed by atoms with Crippen molar-refractivity contribution < 1.29 is 8.94 Å². The Labute approximate surface area is 158 Å². The van der Waals surface area contributed by atoms with E-state index in [9.17, 15) is 0 Å². The van der Waals surface area contributed by atoms with E-state index in [1.807, 2.05) is 26.0 Å². The molecular weight excluding hydrogens is 338 g/mol. The molecule has 0 radical (unpaired) electrons. The fourth-order valence-electron chi connectivity index (χ4n) is 3.37. The number of nitrogens with zero attached hydrogens (tertiary/aromatic N) is 3. The molecule has 4 rings (SSSR count). The molecule has 0 saturated carbocycles. The molecule has 2 aromatic carbocycles. The predicted octanol–water partition coefficient (Wildman–Crippen LogP) is 5.69. The molecule has 5 nitrogen and oxygen atoms in total. The fraction of sp³-hybridized carbons (Fsp3) is 0.182. The minimum Gasteiger partial charge on any atom is -0.444 e. The van der Waals surface area contributed by atoms with Crippen molar-refractivity contribution in [1.29, 1.82) is 0 Å². The first-order chi connectivity index (χ1) is 13.0. The molecule has 2 aromatic heterocycles. The van der Waals surface area contributed by atoms with E-state index in [0.29, 0.717) is 0 Å². The van der Waals surface area contributed by atoms with Gasteiger partial charge in [-0.2, -0.15) is 0 Å². The Kier molecular flexibility index (Phi) is 4.28. The van der Waals surface area contributed by atoms with E-state index in [1.54, 1.807) is 6.20 Å². The van der Waals surface area contributed by atoms with E-state index in [4.69, 9.17) is 8.94 Å². The van der Waals surface area contributed by atoms with Crippen LogP contribution in [-0.2, 0) is 0 Å². The Morgan fingerprint density at radius 3 is 2.30 bits per heavy atom.